The maximum absolute atomic E-state index is 6.34. The Morgan fingerprint density at radius 1 is 0.963 bits per heavy atom. The van der Waals surface area contributed by atoms with Gasteiger partial charge in [-0.2, -0.15) is 0 Å². The Hall–Kier alpha value is -2.91. The van der Waals surface area contributed by atoms with Gasteiger partial charge in [0.1, 0.15) is 0 Å². The van der Waals surface area contributed by atoms with Crippen LogP contribution in [0.4, 0.5) is 0 Å². The Bertz CT molecular complexity index is 1130. The van der Waals surface area contributed by atoms with Crippen LogP contribution in [0, 0.1) is 6.92 Å². The van der Waals surface area contributed by atoms with Crippen LogP contribution in [0.2, 0.25) is 5.02 Å². The summed E-state index contributed by atoms with van der Waals surface area (Å²) in [6.45, 7) is 2.02. The monoisotopic (exact) mass is 368 g/mol. The summed E-state index contributed by atoms with van der Waals surface area (Å²) in [5, 5.41) is 1.68. The minimum atomic E-state index is 0.639. The molecule has 129 valence electrons. The van der Waals surface area contributed by atoms with Crippen molar-refractivity contribution in [2.24, 2.45) is 0 Å². The van der Waals surface area contributed by atoms with E-state index >= 15 is 0 Å². The van der Waals surface area contributed by atoms with E-state index in [4.69, 9.17) is 23.8 Å². The molecule has 4 heteroatoms. The van der Waals surface area contributed by atoms with Gasteiger partial charge in [-0.25, -0.2) is 0 Å². The summed E-state index contributed by atoms with van der Waals surface area (Å²) in [7, 11) is 6.34. The van der Waals surface area contributed by atoms with Crippen LogP contribution in [0.3, 0.4) is 0 Å². The number of aryl methyl sites for hydroxylation is 1. The van der Waals surface area contributed by atoms with Gasteiger partial charge in [0.25, 0.3) is 0 Å². The van der Waals surface area contributed by atoms with Gasteiger partial charge in [-0.1, -0.05) is 0 Å². The molecule has 0 spiro atoms. The molecule has 4 aromatic rings. The van der Waals surface area contributed by atoms with Gasteiger partial charge in [-0.05, 0) is 0 Å². The molecule has 0 aliphatic rings. The van der Waals surface area contributed by atoms with Gasteiger partial charge in [0.05, 0.1) is 0 Å². The number of hydrogen-bond donors (Lipinski definition) is 0. The third kappa shape index (κ3) is 3.65. The quantitative estimate of drug-likeness (QED) is 0.429. The summed E-state index contributed by atoms with van der Waals surface area (Å²) in [4.78, 5) is 4.42. The van der Waals surface area contributed by atoms with Crippen LogP contribution in [0.15, 0.2) is 79.0 Å². The fourth-order valence-corrected chi connectivity index (χ4v) is 3.21. The Kier molecular flexibility index (Phi) is 4.78. The van der Waals surface area contributed by atoms with Gasteiger partial charge >= 0.3 is 164 Å². The average Bonchev–Trinajstić information content (AvgIpc) is 2.70. The fourth-order valence-electron chi connectivity index (χ4n) is 2.99. The van der Waals surface area contributed by atoms with Crippen LogP contribution >= 0.6 is 11.6 Å². The first-order valence-electron chi connectivity index (χ1n) is 8.63. The van der Waals surface area contributed by atoms with Gasteiger partial charge in [-0.15, -0.1) is 0 Å². The predicted molar refractivity (Wildman–Crippen MR) is 113 cm³/mol. The summed E-state index contributed by atoms with van der Waals surface area (Å²) >= 11 is 6.30. The molecular weight excluding hydrogens is 353 g/mol. The Morgan fingerprint density at radius 2 is 1.74 bits per heavy atom. The van der Waals surface area contributed by atoms with Gasteiger partial charge in [0.15, 0.2) is 0 Å². The summed E-state index contributed by atoms with van der Waals surface area (Å²) in [6, 6.07) is 23.3. The number of para-hydroxylation sites is 1. The van der Waals surface area contributed by atoms with E-state index in [1.165, 1.54) is 0 Å². The molecule has 0 amide bonds. The van der Waals surface area contributed by atoms with E-state index in [2.05, 4.69) is 4.98 Å². The number of benzene rings is 3. The van der Waals surface area contributed by atoms with Crippen molar-refractivity contribution in [3.05, 3.63) is 101 Å². The molecule has 1 radical (unpaired) electrons. The second kappa shape index (κ2) is 7.38. The molecule has 0 N–H and O–H groups in total. The van der Waals surface area contributed by atoms with Crippen molar-refractivity contribution in [2.45, 2.75) is 6.92 Å². The number of halogens is 1. The number of pyridine rings is 1. The molecule has 3 aromatic carbocycles. The van der Waals surface area contributed by atoms with Crippen molar-refractivity contribution < 1.29 is 4.74 Å². The molecule has 0 atom stereocenters. The van der Waals surface area contributed by atoms with Crippen LogP contribution < -0.4 is 4.74 Å². The molecule has 0 saturated heterocycles. The van der Waals surface area contributed by atoms with Crippen molar-refractivity contribution in [3.63, 3.8) is 0 Å². The van der Waals surface area contributed by atoms with Crippen molar-refractivity contribution in [1.82, 2.24) is 4.98 Å². The first-order valence-corrected chi connectivity index (χ1v) is 9.00. The Morgan fingerprint density at radius 3 is 2.56 bits per heavy atom. The molecule has 0 fully saturated rings. The summed E-state index contributed by atoms with van der Waals surface area (Å²) < 4.78 is 6.04. The van der Waals surface area contributed by atoms with E-state index in [0.29, 0.717) is 10.5 Å². The Labute approximate surface area is 164 Å². The first-order chi connectivity index (χ1) is 13.1. The number of aromatic nitrogens is 1. The number of fused-ring (bicyclic) bond motifs is 1. The molecule has 2 nitrogen and oxygen atoms in total. The van der Waals surface area contributed by atoms with Crippen molar-refractivity contribution in [2.75, 3.05) is 0 Å². The third-order valence-electron chi connectivity index (χ3n) is 4.40. The van der Waals surface area contributed by atoms with Gasteiger partial charge in [0.2, 0.25) is 0 Å². The van der Waals surface area contributed by atoms with E-state index in [-0.39, 0.29) is 0 Å². The summed E-state index contributed by atoms with van der Waals surface area (Å²) in [5.41, 5.74) is 4.32. The number of ether oxygens (including phenoxy) is 1. The van der Waals surface area contributed by atoms with Crippen molar-refractivity contribution >= 4 is 35.5 Å². The molecule has 1 aromatic heterocycles. The number of rotatable bonds is 4. The van der Waals surface area contributed by atoms with E-state index in [1.54, 1.807) is 6.20 Å². The molecular formula is C23H16BClNO. The van der Waals surface area contributed by atoms with Crippen LogP contribution in [-0.4, -0.2) is 17.9 Å². The van der Waals surface area contributed by atoms with Crippen LogP contribution in [0.5, 0.6) is 11.5 Å². The zero-order valence-corrected chi connectivity index (χ0v) is 15.6. The molecule has 0 unspecified atom stereocenters. The number of nitrogens with zero attached hydrogens (tertiary/aromatic N) is 1. The summed E-state index contributed by atoms with van der Waals surface area (Å²) in [5.74, 6) is 1.44. The van der Waals surface area contributed by atoms with Crippen LogP contribution in [0.1, 0.15) is 16.7 Å². The first kappa shape index (κ1) is 17.5. The minimum absolute atomic E-state index is 0.639. The van der Waals surface area contributed by atoms with Gasteiger partial charge in [0, 0.05) is 0 Å². The molecule has 27 heavy (non-hydrogen) atoms. The predicted octanol–water partition coefficient (Wildman–Crippen LogP) is 5.73. The molecule has 0 aliphatic heterocycles. The number of hydrogen-bond acceptors (Lipinski definition) is 2. The molecule has 0 saturated carbocycles. The molecule has 4 rings (SSSR count). The summed E-state index contributed by atoms with van der Waals surface area (Å²) in [6.07, 6.45) is 1.76. The average molecular weight is 369 g/mol. The van der Waals surface area contributed by atoms with Crippen LogP contribution in [-0.2, 0) is 0 Å². The van der Waals surface area contributed by atoms with Gasteiger partial charge < -0.3 is 0 Å². The van der Waals surface area contributed by atoms with Crippen LogP contribution in [0.25, 0.3) is 10.9 Å². The normalized spacial score (nSPS) is 10.7. The SMILES string of the molecule is [B]=C(c1ccc(Oc2cccc3cccnc23)cc1)c1cc(C)ccc1Cl. The molecule has 1 heterocycles. The van der Waals surface area contributed by atoms with Crippen molar-refractivity contribution in [1.29, 1.82) is 0 Å². The maximum atomic E-state index is 6.34. The third-order valence-corrected chi connectivity index (χ3v) is 4.73. The second-order valence-corrected chi connectivity index (χ2v) is 6.76. The standard InChI is InChI=1S/C23H16BClNO/c1-15-7-12-20(25)19(14-15)22(24)16-8-10-18(11-9-16)27-21-6-2-4-17-5-3-13-26-23(17)21/h2-14H,1H3. The fraction of sp³-hybridized carbons (Fsp3) is 0.0435. The van der Waals surface area contributed by atoms with Crippen molar-refractivity contribution in [3.8, 4) is 11.5 Å². The van der Waals surface area contributed by atoms with Gasteiger partial charge in [-0.3, -0.25) is 0 Å². The van der Waals surface area contributed by atoms with E-state index in [9.17, 15) is 0 Å². The molecule has 0 bridgehead atoms. The zero-order chi connectivity index (χ0) is 18.8. The van der Waals surface area contributed by atoms with E-state index in [0.717, 1.165) is 39.1 Å². The Balaban J connectivity index is 1.60. The zero-order valence-electron chi connectivity index (χ0n) is 14.8. The van der Waals surface area contributed by atoms with E-state index < -0.39 is 0 Å². The topological polar surface area (TPSA) is 22.1 Å². The molecule has 0 aliphatic carbocycles. The van der Waals surface area contributed by atoms with E-state index in [1.807, 2.05) is 79.7 Å². The second-order valence-electron chi connectivity index (χ2n) is 6.35.